The summed E-state index contributed by atoms with van der Waals surface area (Å²) in [5, 5.41) is 3.27. The van der Waals surface area contributed by atoms with Gasteiger partial charge in [-0.2, -0.15) is 0 Å². The van der Waals surface area contributed by atoms with E-state index in [9.17, 15) is 13.6 Å². The zero-order chi connectivity index (χ0) is 19.5. The van der Waals surface area contributed by atoms with E-state index in [4.69, 9.17) is 0 Å². The highest BCUT2D eigenvalue weighted by Crippen LogP contribution is 2.24. The molecule has 1 saturated heterocycles. The highest BCUT2D eigenvalue weighted by atomic mass is 19.1. The molecule has 1 fully saturated rings. The third-order valence-corrected chi connectivity index (χ3v) is 4.76. The van der Waals surface area contributed by atoms with Gasteiger partial charge < -0.3 is 10.2 Å². The van der Waals surface area contributed by atoms with Crippen molar-refractivity contribution in [2.24, 2.45) is 0 Å². The molecule has 2 aromatic carbocycles. The van der Waals surface area contributed by atoms with Gasteiger partial charge >= 0.3 is 0 Å². The molecule has 1 N–H and O–H groups in total. The number of carbonyl (C=O) groups excluding carboxylic acids is 1. The fourth-order valence-corrected chi connectivity index (χ4v) is 3.34. The van der Waals surface area contributed by atoms with Crippen LogP contribution in [0.25, 0.3) is 10.9 Å². The number of carbonyl (C=O) groups is 1. The number of fused-ring (bicyclic) bond motifs is 1. The first-order chi connectivity index (χ1) is 13.6. The normalized spacial score (nSPS) is 15.0. The lowest BCUT2D eigenvalue weighted by molar-refractivity contribution is -0.117. The van der Waals surface area contributed by atoms with E-state index < -0.39 is 5.82 Å². The maximum atomic E-state index is 13.6. The van der Waals surface area contributed by atoms with Crippen molar-refractivity contribution in [2.45, 2.75) is 0 Å². The number of nitrogens with zero attached hydrogens (tertiary/aromatic N) is 4. The minimum atomic E-state index is -0.455. The number of piperazine rings is 1. The Kier molecular flexibility index (Phi) is 5.12. The summed E-state index contributed by atoms with van der Waals surface area (Å²) in [4.78, 5) is 24.8. The van der Waals surface area contributed by atoms with E-state index in [0.717, 1.165) is 0 Å². The van der Waals surface area contributed by atoms with Crippen molar-refractivity contribution in [3.05, 3.63) is 60.4 Å². The number of hydrogen-bond donors (Lipinski definition) is 1. The van der Waals surface area contributed by atoms with Gasteiger partial charge in [0, 0.05) is 31.6 Å². The number of anilines is 2. The Morgan fingerprint density at radius 2 is 1.82 bits per heavy atom. The molecule has 6 nitrogen and oxygen atoms in total. The Morgan fingerprint density at radius 1 is 1.04 bits per heavy atom. The molecule has 0 radical (unpaired) electrons. The molecule has 0 atom stereocenters. The highest BCUT2D eigenvalue weighted by molar-refractivity contribution is 5.92. The van der Waals surface area contributed by atoms with Gasteiger partial charge in [0.25, 0.3) is 0 Å². The molecule has 0 unspecified atom stereocenters. The zero-order valence-corrected chi connectivity index (χ0v) is 15.1. The van der Waals surface area contributed by atoms with Gasteiger partial charge in [-0.15, -0.1) is 0 Å². The minimum Gasteiger partial charge on any atom is -0.353 e. The van der Waals surface area contributed by atoms with Crippen molar-refractivity contribution >= 4 is 28.3 Å². The van der Waals surface area contributed by atoms with Crippen LogP contribution in [0.1, 0.15) is 0 Å². The molecular weight excluding hydrogens is 364 g/mol. The molecule has 0 spiro atoms. The standard InChI is InChI=1S/C20H19F2N5O/c21-14-5-6-17-15(11-14)20(24-13-23-17)27-9-7-26(8-10-27)12-19(28)25-18-4-2-1-3-16(18)22/h1-6,11,13H,7-10,12H2,(H,25,28). The predicted octanol–water partition coefficient (Wildman–Crippen LogP) is 2.67. The van der Waals surface area contributed by atoms with Crippen LogP contribution in [0.4, 0.5) is 20.3 Å². The molecule has 1 amide bonds. The first kappa shape index (κ1) is 18.2. The van der Waals surface area contributed by atoms with Crippen LogP contribution in [0.15, 0.2) is 48.8 Å². The van der Waals surface area contributed by atoms with Gasteiger partial charge in [-0.3, -0.25) is 9.69 Å². The summed E-state index contributed by atoms with van der Waals surface area (Å²) in [6.07, 6.45) is 1.48. The van der Waals surface area contributed by atoms with E-state index in [1.165, 1.54) is 30.6 Å². The Labute approximate surface area is 160 Å². The van der Waals surface area contributed by atoms with Gasteiger partial charge in [0.2, 0.25) is 5.91 Å². The molecule has 144 valence electrons. The van der Waals surface area contributed by atoms with Crippen molar-refractivity contribution in [1.82, 2.24) is 14.9 Å². The lowest BCUT2D eigenvalue weighted by Crippen LogP contribution is -2.49. The Morgan fingerprint density at radius 3 is 2.61 bits per heavy atom. The molecule has 1 aliphatic heterocycles. The zero-order valence-electron chi connectivity index (χ0n) is 15.1. The Bertz CT molecular complexity index is 1000. The van der Waals surface area contributed by atoms with Gasteiger partial charge in [-0.1, -0.05) is 12.1 Å². The number of nitrogens with one attached hydrogen (secondary N) is 1. The van der Waals surface area contributed by atoms with Crippen molar-refractivity contribution < 1.29 is 13.6 Å². The van der Waals surface area contributed by atoms with E-state index >= 15 is 0 Å². The molecule has 8 heteroatoms. The van der Waals surface area contributed by atoms with Gasteiger partial charge in [0.1, 0.15) is 23.8 Å². The molecule has 0 aliphatic carbocycles. The van der Waals surface area contributed by atoms with Gasteiger partial charge in [-0.25, -0.2) is 18.7 Å². The van der Waals surface area contributed by atoms with Crippen LogP contribution in [0, 0.1) is 11.6 Å². The van der Waals surface area contributed by atoms with E-state index in [1.54, 1.807) is 18.2 Å². The fourth-order valence-electron chi connectivity index (χ4n) is 3.34. The summed E-state index contributed by atoms with van der Waals surface area (Å²) < 4.78 is 27.3. The molecule has 28 heavy (non-hydrogen) atoms. The molecule has 0 bridgehead atoms. The molecule has 4 rings (SSSR count). The molecule has 2 heterocycles. The van der Waals surface area contributed by atoms with Gasteiger partial charge in [0.05, 0.1) is 17.7 Å². The van der Waals surface area contributed by atoms with Crippen LogP contribution < -0.4 is 10.2 Å². The smallest absolute Gasteiger partial charge is 0.238 e. The van der Waals surface area contributed by atoms with E-state index in [1.807, 2.05) is 4.90 Å². The van der Waals surface area contributed by atoms with E-state index in [-0.39, 0.29) is 24.0 Å². The number of para-hydroxylation sites is 1. The number of halogens is 2. The highest BCUT2D eigenvalue weighted by Gasteiger charge is 2.22. The van der Waals surface area contributed by atoms with Gasteiger partial charge in [-0.05, 0) is 30.3 Å². The number of aromatic nitrogens is 2. The third kappa shape index (κ3) is 3.91. The lowest BCUT2D eigenvalue weighted by atomic mass is 10.2. The topological polar surface area (TPSA) is 61.4 Å². The SMILES string of the molecule is O=C(CN1CCN(c2ncnc3ccc(F)cc23)CC1)Nc1ccccc1F. The summed E-state index contributed by atoms with van der Waals surface area (Å²) in [5.74, 6) is -0.344. The van der Waals surface area contributed by atoms with E-state index in [0.29, 0.717) is 42.9 Å². The largest absolute Gasteiger partial charge is 0.353 e. The number of rotatable bonds is 4. The Balaban J connectivity index is 1.38. The average Bonchev–Trinajstić information content (AvgIpc) is 2.70. The molecular formula is C20H19F2N5O. The second-order valence-electron chi connectivity index (χ2n) is 6.65. The average molecular weight is 383 g/mol. The quantitative estimate of drug-likeness (QED) is 0.751. The van der Waals surface area contributed by atoms with Crippen LogP contribution in [0.3, 0.4) is 0 Å². The number of benzene rings is 2. The third-order valence-electron chi connectivity index (χ3n) is 4.76. The maximum absolute atomic E-state index is 13.6. The monoisotopic (exact) mass is 383 g/mol. The number of hydrogen-bond acceptors (Lipinski definition) is 5. The van der Waals surface area contributed by atoms with Crippen LogP contribution >= 0.6 is 0 Å². The summed E-state index contributed by atoms with van der Waals surface area (Å²) in [7, 11) is 0. The minimum absolute atomic E-state index is 0.181. The van der Waals surface area contributed by atoms with Crippen LogP contribution in [0.5, 0.6) is 0 Å². The second kappa shape index (κ2) is 7.85. The predicted molar refractivity (Wildman–Crippen MR) is 103 cm³/mol. The van der Waals surface area contributed by atoms with Crippen molar-refractivity contribution in [3.8, 4) is 0 Å². The summed E-state index contributed by atoms with van der Waals surface area (Å²) >= 11 is 0. The van der Waals surface area contributed by atoms with Crippen LogP contribution in [0.2, 0.25) is 0 Å². The van der Waals surface area contributed by atoms with Crippen molar-refractivity contribution in [1.29, 1.82) is 0 Å². The first-order valence-electron chi connectivity index (χ1n) is 9.02. The van der Waals surface area contributed by atoms with Gasteiger partial charge in [0.15, 0.2) is 0 Å². The van der Waals surface area contributed by atoms with E-state index in [2.05, 4.69) is 20.2 Å². The lowest BCUT2D eigenvalue weighted by Gasteiger charge is -2.35. The molecule has 0 saturated carbocycles. The van der Waals surface area contributed by atoms with Crippen LogP contribution in [-0.4, -0.2) is 53.5 Å². The molecule has 1 aliphatic rings. The molecule has 3 aromatic rings. The van der Waals surface area contributed by atoms with Crippen LogP contribution in [-0.2, 0) is 4.79 Å². The summed E-state index contributed by atoms with van der Waals surface area (Å²) in [6.45, 7) is 2.77. The first-order valence-corrected chi connectivity index (χ1v) is 9.02. The summed E-state index contributed by atoms with van der Waals surface area (Å²) in [5.41, 5.74) is 0.874. The van der Waals surface area contributed by atoms with Crippen molar-refractivity contribution in [2.75, 3.05) is 42.9 Å². The second-order valence-corrected chi connectivity index (χ2v) is 6.65. The summed E-state index contributed by atoms with van der Waals surface area (Å²) in [6, 6.07) is 10.6. The Hall–Kier alpha value is -3.13. The fraction of sp³-hybridized carbons (Fsp3) is 0.250. The maximum Gasteiger partial charge on any atom is 0.238 e. The number of amides is 1. The molecule has 1 aromatic heterocycles. The van der Waals surface area contributed by atoms with Crippen molar-refractivity contribution in [3.63, 3.8) is 0 Å².